The van der Waals surface area contributed by atoms with Gasteiger partial charge < -0.3 is 14.8 Å². The normalized spacial score (nSPS) is 29.5. The first-order valence-electron chi connectivity index (χ1n) is 7.15. The van der Waals surface area contributed by atoms with E-state index in [1.54, 1.807) is 0 Å². The van der Waals surface area contributed by atoms with Crippen LogP contribution in [0.5, 0.6) is 0 Å². The van der Waals surface area contributed by atoms with E-state index < -0.39 is 0 Å². The number of hydrogen-bond acceptors (Lipinski definition) is 3. The van der Waals surface area contributed by atoms with Gasteiger partial charge in [-0.1, -0.05) is 13.8 Å². The minimum atomic E-state index is 0.0691. The Bertz CT molecular complexity index is 183. The molecule has 1 rings (SSSR count). The summed E-state index contributed by atoms with van der Waals surface area (Å²) in [7, 11) is 0. The average molecular weight is 243 g/mol. The van der Waals surface area contributed by atoms with Crippen molar-refractivity contribution in [2.75, 3.05) is 32.9 Å². The van der Waals surface area contributed by atoms with Gasteiger partial charge in [-0.2, -0.15) is 0 Å². The SMILES string of the molecule is CCNCC1(OCCOCC)CCC(C)CC1. The van der Waals surface area contributed by atoms with Crippen LogP contribution in [0, 0.1) is 5.92 Å². The Morgan fingerprint density at radius 1 is 1.18 bits per heavy atom. The van der Waals surface area contributed by atoms with Gasteiger partial charge in [0.1, 0.15) is 0 Å². The summed E-state index contributed by atoms with van der Waals surface area (Å²) in [5.41, 5.74) is 0.0691. The summed E-state index contributed by atoms with van der Waals surface area (Å²) in [5.74, 6) is 0.861. The first kappa shape index (κ1) is 14.9. The van der Waals surface area contributed by atoms with E-state index in [4.69, 9.17) is 9.47 Å². The molecule has 1 saturated carbocycles. The van der Waals surface area contributed by atoms with Crippen LogP contribution in [-0.4, -0.2) is 38.5 Å². The molecule has 0 heterocycles. The van der Waals surface area contributed by atoms with Gasteiger partial charge >= 0.3 is 0 Å². The number of nitrogens with one attached hydrogen (secondary N) is 1. The second-order valence-corrected chi connectivity index (χ2v) is 5.19. The number of likely N-dealkylation sites (N-methyl/N-ethyl adjacent to an activating group) is 1. The summed E-state index contributed by atoms with van der Waals surface area (Å²) in [6, 6.07) is 0. The summed E-state index contributed by atoms with van der Waals surface area (Å²) in [4.78, 5) is 0. The van der Waals surface area contributed by atoms with Crippen LogP contribution in [0.25, 0.3) is 0 Å². The first-order chi connectivity index (χ1) is 8.22. The second kappa shape index (κ2) is 8.06. The smallest absolute Gasteiger partial charge is 0.0807 e. The van der Waals surface area contributed by atoms with E-state index in [1.807, 2.05) is 6.92 Å². The van der Waals surface area contributed by atoms with Crippen LogP contribution in [-0.2, 0) is 9.47 Å². The lowest BCUT2D eigenvalue weighted by Crippen LogP contribution is -2.46. The van der Waals surface area contributed by atoms with E-state index in [0.717, 1.165) is 38.8 Å². The molecule has 1 aliphatic rings. The van der Waals surface area contributed by atoms with E-state index in [9.17, 15) is 0 Å². The van der Waals surface area contributed by atoms with Gasteiger partial charge in [-0.25, -0.2) is 0 Å². The molecule has 0 bridgehead atoms. The van der Waals surface area contributed by atoms with E-state index >= 15 is 0 Å². The molecule has 0 saturated heterocycles. The highest BCUT2D eigenvalue weighted by atomic mass is 16.5. The monoisotopic (exact) mass is 243 g/mol. The second-order valence-electron chi connectivity index (χ2n) is 5.19. The molecule has 102 valence electrons. The molecule has 0 atom stereocenters. The van der Waals surface area contributed by atoms with Crippen molar-refractivity contribution in [1.29, 1.82) is 0 Å². The predicted molar refractivity (Wildman–Crippen MR) is 71.4 cm³/mol. The molecule has 0 unspecified atom stereocenters. The Balaban J connectivity index is 2.36. The van der Waals surface area contributed by atoms with Gasteiger partial charge in [0, 0.05) is 13.2 Å². The fourth-order valence-electron chi connectivity index (χ4n) is 2.47. The lowest BCUT2D eigenvalue weighted by atomic mass is 9.79. The molecule has 1 N–H and O–H groups in total. The van der Waals surface area contributed by atoms with Gasteiger partial charge in [0.25, 0.3) is 0 Å². The van der Waals surface area contributed by atoms with Gasteiger partial charge in [0.15, 0.2) is 0 Å². The molecule has 0 aromatic heterocycles. The fraction of sp³-hybridized carbons (Fsp3) is 1.00. The third-order valence-corrected chi connectivity index (χ3v) is 3.72. The fourth-order valence-corrected chi connectivity index (χ4v) is 2.47. The van der Waals surface area contributed by atoms with Gasteiger partial charge in [-0.15, -0.1) is 0 Å². The van der Waals surface area contributed by atoms with E-state index in [0.29, 0.717) is 0 Å². The van der Waals surface area contributed by atoms with E-state index in [1.165, 1.54) is 25.7 Å². The van der Waals surface area contributed by atoms with Crippen molar-refractivity contribution >= 4 is 0 Å². The Kier molecular flexibility index (Phi) is 7.09. The third kappa shape index (κ3) is 5.36. The summed E-state index contributed by atoms with van der Waals surface area (Å²) >= 11 is 0. The molecule has 3 heteroatoms. The summed E-state index contributed by atoms with van der Waals surface area (Å²) < 4.78 is 11.5. The molecule has 1 aliphatic carbocycles. The van der Waals surface area contributed by atoms with Gasteiger partial charge in [0.05, 0.1) is 18.8 Å². The van der Waals surface area contributed by atoms with Crippen molar-refractivity contribution in [3.8, 4) is 0 Å². The lowest BCUT2D eigenvalue weighted by molar-refractivity contribution is -0.0907. The van der Waals surface area contributed by atoms with Crippen molar-refractivity contribution in [1.82, 2.24) is 5.32 Å². The molecule has 0 aromatic carbocycles. The summed E-state index contributed by atoms with van der Waals surface area (Å²) in [6.45, 7) is 10.8. The topological polar surface area (TPSA) is 30.5 Å². The number of hydrogen-bond donors (Lipinski definition) is 1. The van der Waals surface area contributed by atoms with Crippen LogP contribution in [0.3, 0.4) is 0 Å². The van der Waals surface area contributed by atoms with Crippen LogP contribution >= 0.6 is 0 Å². The van der Waals surface area contributed by atoms with E-state index in [2.05, 4.69) is 19.2 Å². The first-order valence-corrected chi connectivity index (χ1v) is 7.15. The Labute approximate surface area is 106 Å². The quantitative estimate of drug-likeness (QED) is 0.665. The summed E-state index contributed by atoms with van der Waals surface area (Å²) in [6.07, 6.45) is 4.96. The van der Waals surface area contributed by atoms with Crippen LogP contribution in [0.4, 0.5) is 0 Å². The predicted octanol–water partition coefficient (Wildman–Crippen LogP) is 2.60. The molecular weight excluding hydrogens is 214 g/mol. The Morgan fingerprint density at radius 2 is 1.88 bits per heavy atom. The Morgan fingerprint density at radius 3 is 2.47 bits per heavy atom. The maximum atomic E-state index is 6.14. The van der Waals surface area contributed by atoms with Crippen molar-refractivity contribution in [2.24, 2.45) is 5.92 Å². The van der Waals surface area contributed by atoms with Crippen molar-refractivity contribution in [2.45, 2.75) is 52.1 Å². The standard InChI is InChI=1S/C14H29NO2/c1-4-15-12-14(17-11-10-16-5-2)8-6-13(3)7-9-14/h13,15H,4-12H2,1-3H3. The van der Waals surface area contributed by atoms with Crippen LogP contribution < -0.4 is 5.32 Å². The zero-order chi connectivity index (χ0) is 12.6. The number of ether oxygens (including phenoxy) is 2. The van der Waals surface area contributed by atoms with Crippen LogP contribution in [0.15, 0.2) is 0 Å². The van der Waals surface area contributed by atoms with E-state index in [-0.39, 0.29) is 5.60 Å². The van der Waals surface area contributed by atoms with Crippen molar-refractivity contribution in [3.05, 3.63) is 0 Å². The zero-order valence-electron chi connectivity index (χ0n) is 11.8. The number of rotatable bonds is 8. The molecule has 3 nitrogen and oxygen atoms in total. The molecule has 17 heavy (non-hydrogen) atoms. The molecule has 1 fully saturated rings. The largest absolute Gasteiger partial charge is 0.379 e. The lowest BCUT2D eigenvalue weighted by Gasteiger charge is -2.39. The van der Waals surface area contributed by atoms with Crippen molar-refractivity contribution in [3.63, 3.8) is 0 Å². The van der Waals surface area contributed by atoms with Crippen LogP contribution in [0.2, 0.25) is 0 Å². The molecule has 0 spiro atoms. The molecule has 0 amide bonds. The maximum Gasteiger partial charge on any atom is 0.0807 e. The zero-order valence-corrected chi connectivity index (χ0v) is 11.8. The van der Waals surface area contributed by atoms with Gasteiger partial charge in [-0.3, -0.25) is 0 Å². The molecule has 0 radical (unpaired) electrons. The minimum absolute atomic E-state index is 0.0691. The molecular formula is C14H29NO2. The Hall–Kier alpha value is -0.120. The van der Waals surface area contributed by atoms with Crippen molar-refractivity contribution < 1.29 is 9.47 Å². The third-order valence-electron chi connectivity index (χ3n) is 3.72. The molecule has 0 aliphatic heterocycles. The minimum Gasteiger partial charge on any atom is -0.379 e. The molecule has 0 aromatic rings. The highest BCUT2D eigenvalue weighted by Crippen LogP contribution is 2.34. The summed E-state index contributed by atoms with van der Waals surface area (Å²) in [5, 5.41) is 3.45. The maximum absolute atomic E-state index is 6.14. The van der Waals surface area contributed by atoms with Gasteiger partial charge in [0.2, 0.25) is 0 Å². The highest BCUT2D eigenvalue weighted by Gasteiger charge is 2.34. The highest BCUT2D eigenvalue weighted by molar-refractivity contribution is 4.88. The van der Waals surface area contributed by atoms with Crippen LogP contribution in [0.1, 0.15) is 46.5 Å². The van der Waals surface area contributed by atoms with Gasteiger partial charge in [-0.05, 0) is 45.1 Å². The average Bonchev–Trinajstić information content (AvgIpc) is 2.36.